The van der Waals surface area contributed by atoms with Crippen molar-refractivity contribution in [3.05, 3.63) is 89.4 Å². The van der Waals surface area contributed by atoms with E-state index in [1.807, 2.05) is 59.5 Å². The first-order chi connectivity index (χ1) is 16.0. The van der Waals surface area contributed by atoms with Crippen molar-refractivity contribution in [1.29, 1.82) is 0 Å². The van der Waals surface area contributed by atoms with Crippen LogP contribution >= 0.6 is 11.6 Å². The highest BCUT2D eigenvalue weighted by Crippen LogP contribution is 2.34. The predicted octanol–water partition coefficient (Wildman–Crippen LogP) is 4.80. The zero-order valence-corrected chi connectivity index (χ0v) is 19.5. The highest BCUT2D eigenvalue weighted by atomic mass is 35.5. The number of nitrogens with zero attached hydrogens (tertiary/aromatic N) is 5. The third-order valence-electron chi connectivity index (χ3n) is 6.51. The molecule has 0 radical (unpaired) electrons. The zero-order chi connectivity index (χ0) is 22.9. The summed E-state index contributed by atoms with van der Waals surface area (Å²) in [6, 6.07) is 17.8. The van der Waals surface area contributed by atoms with Crippen molar-refractivity contribution in [3.63, 3.8) is 0 Å². The molecule has 33 heavy (non-hydrogen) atoms. The topological polar surface area (TPSA) is 54.3 Å². The van der Waals surface area contributed by atoms with Crippen molar-refractivity contribution in [2.45, 2.75) is 19.3 Å². The first kappa shape index (κ1) is 21.5. The van der Waals surface area contributed by atoms with Gasteiger partial charge in [0.05, 0.1) is 5.52 Å². The molecular weight excluding hydrogens is 434 g/mol. The highest BCUT2D eigenvalue weighted by molar-refractivity contribution is 6.21. The first-order valence-electron chi connectivity index (χ1n) is 11.2. The lowest BCUT2D eigenvalue weighted by Crippen LogP contribution is -2.49. The van der Waals surface area contributed by atoms with E-state index in [0.29, 0.717) is 24.6 Å². The fourth-order valence-corrected chi connectivity index (χ4v) is 4.93. The second-order valence-electron chi connectivity index (χ2n) is 8.39. The Bertz CT molecular complexity index is 1280. The van der Waals surface area contributed by atoms with Gasteiger partial charge in [0.15, 0.2) is 0 Å². The Kier molecular flexibility index (Phi) is 5.77. The summed E-state index contributed by atoms with van der Waals surface area (Å²) in [6.07, 6.45) is 3.49. The van der Waals surface area contributed by atoms with Gasteiger partial charge >= 0.3 is 0 Å². The van der Waals surface area contributed by atoms with E-state index in [1.54, 1.807) is 12.4 Å². The molecule has 1 aliphatic heterocycles. The van der Waals surface area contributed by atoms with E-state index < -0.39 is 0 Å². The average molecular weight is 460 g/mol. The lowest BCUT2D eigenvalue weighted by atomic mass is 10.1. The molecule has 1 fully saturated rings. The van der Waals surface area contributed by atoms with Gasteiger partial charge in [-0.15, -0.1) is 0 Å². The third-order valence-corrected chi connectivity index (χ3v) is 6.96. The second kappa shape index (κ2) is 8.87. The van der Waals surface area contributed by atoms with Gasteiger partial charge in [-0.3, -0.25) is 4.79 Å². The lowest BCUT2D eigenvalue weighted by Gasteiger charge is -2.34. The third kappa shape index (κ3) is 3.95. The number of aryl methyl sites for hydroxylation is 1. The number of aromatic nitrogens is 3. The molecule has 4 aromatic rings. The Hall–Kier alpha value is -3.38. The molecule has 1 saturated heterocycles. The molecule has 1 unspecified atom stereocenters. The number of amides is 1. The molecule has 0 saturated carbocycles. The number of carbonyl (C=O) groups is 1. The molecule has 0 aliphatic carbocycles. The summed E-state index contributed by atoms with van der Waals surface area (Å²) in [6.45, 7) is 6.91. The normalized spacial score (nSPS) is 15.1. The minimum atomic E-state index is -0.308. The van der Waals surface area contributed by atoms with Crippen molar-refractivity contribution < 1.29 is 4.79 Å². The lowest BCUT2D eigenvalue weighted by molar-refractivity contribution is 0.0746. The number of alkyl halides is 1. The maximum atomic E-state index is 13.3. The molecule has 168 valence electrons. The van der Waals surface area contributed by atoms with E-state index in [-0.39, 0.29) is 11.4 Å². The van der Waals surface area contributed by atoms with Crippen LogP contribution in [0.15, 0.2) is 67.0 Å². The highest BCUT2D eigenvalue weighted by Gasteiger charge is 2.25. The summed E-state index contributed by atoms with van der Waals surface area (Å²) in [7, 11) is 0. The molecule has 0 spiro atoms. The Labute approximate surface area is 198 Å². The predicted molar refractivity (Wildman–Crippen MR) is 132 cm³/mol. The maximum Gasteiger partial charge on any atom is 0.253 e. The van der Waals surface area contributed by atoms with Gasteiger partial charge < -0.3 is 14.4 Å². The van der Waals surface area contributed by atoms with E-state index in [2.05, 4.69) is 33.3 Å². The van der Waals surface area contributed by atoms with E-state index in [9.17, 15) is 4.79 Å². The van der Waals surface area contributed by atoms with Gasteiger partial charge in [-0.05, 0) is 49.2 Å². The summed E-state index contributed by atoms with van der Waals surface area (Å²) in [5.41, 5.74) is 4.73. The fraction of sp³-hybridized carbons (Fsp3) is 0.269. The molecular formula is C26H26ClN5O. The van der Waals surface area contributed by atoms with Crippen LogP contribution in [-0.4, -0.2) is 51.5 Å². The molecule has 2 aromatic carbocycles. The number of hydrogen-bond donors (Lipinski definition) is 0. The maximum absolute atomic E-state index is 13.3. The molecule has 1 amide bonds. The van der Waals surface area contributed by atoms with Crippen molar-refractivity contribution in [3.8, 4) is 0 Å². The standard InChI is InChI=1S/C26H26ClN5O/c1-18-19(2)32(24(27)20-7-4-3-5-8-20)23-10-9-21(17-22(18)23)25(33)30-13-15-31(16-14-30)26-28-11-6-12-29-26/h3-12,17,24H,13-16H2,1-2H3. The van der Waals surface area contributed by atoms with Gasteiger partial charge in [-0.2, -0.15) is 0 Å². The number of anilines is 1. The summed E-state index contributed by atoms with van der Waals surface area (Å²) < 4.78 is 2.15. The van der Waals surface area contributed by atoms with Crippen LogP contribution in [0.2, 0.25) is 0 Å². The van der Waals surface area contributed by atoms with Gasteiger partial charge in [-0.1, -0.05) is 41.9 Å². The van der Waals surface area contributed by atoms with E-state index in [0.717, 1.165) is 40.8 Å². The smallest absolute Gasteiger partial charge is 0.253 e. The molecule has 1 atom stereocenters. The van der Waals surface area contributed by atoms with Gasteiger partial charge in [0.1, 0.15) is 5.50 Å². The second-order valence-corrected chi connectivity index (χ2v) is 8.80. The molecule has 0 bridgehead atoms. The number of carbonyl (C=O) groups excluding carboxylic acids is 1. The number of hydrogen-bond acceptors (Lipinski definition) is 4. The molecule has 0 N–H and O–H groups in total. The number of piperazine rings is 1. The number of benzene rings is 2. The van der Waals surface area contributed by atoms with Gasteiger partial charge in [-0.25, -0.2) is 9.97 Å². The van der Waals surface area contributed by atoms with E-state index in [1.165, 1.54) is 0 Å². The van der Waals surface area contributed by atoms with Crippen molar-refractivity contribution in [1.82, 2.24) is 19.4 Å². The SMILES string of the molecule is Cc1c(C)n(C(Cl)c2ccccc2)c2ccc(C(=O)N3CCN(c4ncccn4)CC3)cc12. The Morgan fingerprint density at radius 1 is 0.939 bits per heavy atom. The Balaban J connectivity index is 1.39. The monoisotopic (exact) mass is 459 g/mol. The van der Waals surface area contributed by atoms with Crippen LogP contribution in [-0.2, 0) is 0 Å². The minimum Gasteiger partial charge on any atom is -0.337 e. The van der Waals surface area contributed by atoms with Crippen LogP contribution in [0.4, 0.5) is 5.95 Å². The summed E-state index contributed by atoms with van der Waals surface area (Å²) >= 11 is 6.89. The summed E-state index contributed by atoms with van der Waals surface area (Å²) in [4.78, 5) is 26.0. The molecule has 2 aromatic heterocycles. The zero-order valence-electron chi connectivity index (χ0n) is 18.8. The van der Waals surface area contributed by atoms with Crippen molar-refractivity contribution >= 4 is 34.4 Å². The van der Waals surface area contributed by atoms with E-state index >= 15 is 0 Å². The van der Waals surface area contributed by atoms with Crippen LogP contribution in [0.1, 0.15) is 32.7 Å². The van der Waals surface area contributed by atoms with Crippen LogP contribution < -0.4 is 4.90 Å². The minimum absolute atomic E-state index is 0.0563. The number of halogens is 1. The molecule has 6 nitrogen and oxygen atoms in total. The number of fused-ring (bicyclic) bond motifs is 1. The average Bonchev–Trinajstić information content (AvgIpc) is 3.13. The Morgan fingerprint density at radius 2 is 1.64 bits per heavy atom. The van der Waals surface area contributed by atoms with Crippen LogP contribution in [0.25, 0.3) is 10.9 Å². The molecule has 7 heteroatoms. The van der Waals surface area contributed by atoms with E-state index in [4.69, 9.17) is 11.6 Å². The van der Waals surface area contributed by atoms with Gasteiger partial charge in [0, 0.05) is 55.2 Å². The van der Waals surface area contributed by atoms with Gasteiger partial charge in [0.2, 0.25) is 5.95 Å². The molecule has 1 aliphatic rings. The first-order valence-corrected chi connectivity index (χ1v) is 11.6. The van der Waals surface area contributed by atoms with Crippen molar-refractivity contribution in [2.24, 2.45) is 0 Å². The van der Waals surface area contributed by atoms with Crippen LogP contribution in [0.5, 0.6) is 0 Å². The van der Waals surface area contributed by atoms with Crippen LogP contribution in [0.3, 0.4) is 0 Å². The van der Waals surface area contributed by atoms with Crippen molar-refractivity contribution in [2.75, 3.05) is 31.1 Å². The molecule has 5 rings (SSSR count). The number of rotatable bonds is 4. The summed E-state index contributed by atoms with van der Waals surface area (Å²) in [5.74, 6) is 0.772. The fourth-order valence-electron chi connectivity index (χ4n) is 4.54. The largest absolute Gasteiger partial charge is 0.337 e. The summed E-state index contributed by atoms with van der Waals surface area (Å²) in [5, 5.41) is 1.07. The van der Waals surface area contributed by atoms with Crippen LogP contribution in [0, 0.1) is 13.8 Å². The van der Waals surface area contributed by atoms with Gasteiger partial charge in [0.25, 0.3) is 5.91 Å². The Morgan fingerprint density at radius 3 is 2.33 bits per heavy atom. The quantitative estimate of drug-likeness (QED) is 0.411. The molecule has 3 heterocycles.